The Labute approximate surface area is 54.8 Å². The van der Waals surface area contributed by atoms with Crippen LogP contribution in [0.3, 0.4) is 0 Å². The highest BCUT2D eigenvalue weighted by Gasteiger charge is 1.96. The van der Waals surface area contributed by atoms with Crippen LogP contribution in [-0.2, 0) is 14.6 Å². The Kier molecular flexibility index (Phi) is 3.10. The smallest absolute Gasteiger partial charge is 0.217 e. The van der Waals surface area contributed by atoms with Crippen molar-refractivity contribution in [2.24, 2.45) is 5.92 Å². The maximum Gasteiger partial charge on any atom is 0.217 e. The van der Waals surface area contributed by atoms with Gasteiger partial charge in [0.2, 0.25) is 10.4 Å². The summed E-state index contributed by atoms with van der Waals surface area (Å²) in [5, 5.41) is 0. The molecule has 0 spiro atoms. The van der Waals surface area contributed by atoms with E-state index >= 15 is 0 Å². The summed E-state index contributed by atoms with van der Waals surface area (Å²) in [7, 11) is -4.47. The van der Waals surface area contributed by atoms with Crippen LogP contribution in [0.25, 0.3) is 0 Å². The minimum absolute atomic E-state index is 0.0359. The quantitative estimate of drug-likeness (QED) is 0.426. The molecule has 0 saturated heterocycles. The highest BCUT2D eigenvalue weighted by atomic mass is 32.3. The minimum atomic E-state index is -4.47. The summed E-state index contributed by atoms with van der Waals surface area (Å²) in [6, 6.07) is 0. The predicted octanol–water partition coefficient (Wildman–Crippen LogP) is 0.119. The summed E-state index contributed by atoms with van der Waals surface area (Å²) >= 11 is 0. The molecule has 0 unspecified atom stereocenters. The summed E-state index contributed by atoms with van der Waals surface area (Å²) < 4.78 is 33.2. The van der Waals surface area contributed by atoms with E-state index in [0.717, 1.165) is 0 Å². The molecule has 5 heteroatoms. The van der Waals surface area contributed by atoms with E-state index in [1.807, 2.05) is 0 Å². The van der Waals surface area contributed by atoms with E-state index < -0.39 is 10.4 Å². The van der Waals surface area contributed by atoms with Gasteiger partial charge in [-0.2, -0.15) is 0 Å². The molecule has 0 aliphatic rings. The van der Waals surface area contributed by atoms with Gasteiger partial charge in [0.05, 0.1) is 6.61 Å². The second kappa shape index (κ2) is 3.14. The van der Waals surface area contributed by atoms with Crippen LogP contribution in [0.4, 0.5) is 0 Å². The molecule has 4 nitrogen and oxygen atoms in total. The van der Waals surface area contributed by atoms with Crippen molar-refractivity contribution in [2.75, 3.05) is 6.61 Å². The molecule has 0 saturated carbocycles. The van der Waals surface area contributed by atoms with Crippen molar-refractivity contribution in [3.05, 3.63) is 0 Å². The average Bonchev–Trinajstić information content (AvgIpc) is 1.59. The molecule has 0 amide bonds. The first-order valence-corrected chi connectivity index (χ1v) is 3.85. The van der Waals surface area contributed by atoms with E-state index in [0.29, 0.717) is 0 Å². The van der Waals surface area contributed by atoms with Gasteiger partial charge in [0.15, 0.2) is 0 Å². The lowest BCUT2D eigenvalue weighted by Gasteiger charge is -2.08. The predicted molar refractivity (Wildman–Crippen MR) is 30.5 cm³/mol. The standard InChI is InChI=1S/C4H10O4S/c1-4(2)3-8-9(5,6)7/h4H,3H2,1-2H3,(H,5,6,7)/p-1. The lowest BCUT2D eigenvalue weighted by molar-refractivity contribution is 0.232. The van der Waals surface area contributed by atoms with Crippen molar-refractivity contribution < 1.29 is 17.2 Å². The Morgan fingerprint density at radius 3 is 2.11 bits per heavy atom. The summed E-state index contributed by atoms with van der Waals surface area (Å²) in [6.07, 6.45) is 0. The molecule has 0 radical (unpaired) electrons. The first-order valence-electron chi connectivity index (χ1n) is 2.52. The molecule has 0 rings (SSSR count). The van der Waals surface area contributed by atoms with E-state index in [1.54, 1.807) is 13.8 Å². The van der Waals surface area contributed by atoms with Gasteiger partial charge in [0.25, 0.3) is 0 Å². The summed E-state index contributed by atoms with van der Waals surface area (Å²) in [5.41, 5.74) is 0. The second-order valence-corrected chi connectivity index (χ2v) is 3.14. The Balaban J connectivity index is 3.53. The van der Waals surface area contributed by atoms with E-state index in [4.69, 9.17) is 0 Å². The highest BCUT2D eigenvalue weighted by Crippen LogP contribution is 1.95. The molecule has 0 aromatic rings. The second-order valence-electron chi connectivity index (χ2n) is 2.09. The number of hydrogen-bond donors (Lipinski definition) is 0. The summed E-state index contributed by atoms with van der Waals surface area (Å²) in [4.78, 5) is 0. The third-order valence-electron chi connectivity index (χ3n) is 0.546. The van der Waals surface area contributed by atoms with Gasteiger partial charge in [0.1, 0.15) is 0 Å². The SMILES string of the molecule is CC(C)COS(=O)(=O)[O-]. The van der Waals surface area contributed by atoms with Crippen LogP contribution in [0, 0.1) is 5.92 Å². The average molecular weight is 153 g/mol. The van der Waals surface area contributed by atoms with Crippen LogP contribution in [0.1, 0.15) is 13.8 Å². The van der Waals surface area contributed by atoms with E-state index in [9.17, 15) is 13.0 Å². The zero-order chi connectivity index (χ0) is 7.49. The van der Waals surface area contributed by atoms with Gasteiger partial charge < -0.3 is 4.55 Å². The minimum Gasteiger partial charge on any atom is -0.726 e. The number of rotatable bonds is 3. The number of hydrogen-bond acceptors (Lipinski definition) is 4. The van der Waals surface area contributed by atoms with E-state index in [1.165, 1.54) is 0 Å². The van der Waals surface area contributed by atoms with Crippen LogP contribution in [0.2, 0.25) is 0 Å². The third kappa shape index (κ3) is 7.87. The molecule has 0 aromatic carbocycles. The molecule has 0 aliphatic heterocycles. The lowest BCUT2D eigenvalue weighted by atomic mass is 10.2. The lowest BCUT2D eigenvalue weighted by Crippen LogP contribution is -2.09. The topological polar surface area (TPSA) is 66.4 Å². The van der Waals surface area contributed by atoms with E-state index in [-0.39, 0.29) is 12.5 Å². The maximum atomic E-state index is 9.76. The van der Waals surface area contributed by atoms with Crippen LogP contribution >= 0.6 is 0 Å². The molecule has 0 bridgehead atoms. The van der Waals surface area contributed by atoms with Crippen molar-refractivity contribution in [2.45, 2.75) is 13.8 Å². The monoisotopic (exact) mass is 153 g/mol. The Hall–Kier alpha value is -0.130. The van der Waals surface area contributed by atoms with Crippen molar-refractivity contribution in [3.63, 3.8) is 0 Å². The fraction of sp³-hybridized carbons (Fsp3) is 1.00. The van der Waals surface area contributed by atoms with Crippen molar-refractivity contribution in [1.82, 2.24) is 0 Å². The van der Waals surface area contributed by atoms with Gasteiger partial charge >= 0.3 is 0 Å². The zero-order valence-electron chi connectivity index (χ0n) is 5.33. The van der Waals surface area contributed by atoms with Crippen molar-refractivity contribution in [3.8, 4) is 0 Å². The molecular weight excluding hydrogens is 144 g/mol. The van der Waals surface area contributed by atoms with Crippen molar-refractivity contribution in [1.29, 1.82) is 0 Å². The van der Waals surface area contributed by atoms with Gasteiger partial charge in [0, 0.05) is 0 Å². The first-order chi connectivity index (χ1) is 3.92. The molecule has 0 N–H and O–H groups in total. The third-order valence-corrected chi connectivity index (χ3v) is 0.970. The molecule has 9 heavy (non-hydrogen) atoms. The van der Waals surface area contributed by atoms with Gasteiger partial charge in [-0.25, -0.2) is 8.42 Å². The molecule has 0 atom stereocenters. The van der Waals surface area contributed by atoms with E-state index in [2.05, 4.69) is 4.18 Å². The fourth-order valence-corrected chi connectivity index (χ4v) is 0.658. The van der Waals surface area contributed by atoms with Crippen LogP contribution in [0.15, 0.2) is 0 Å². The fourth-order valence-electron chi connectivity index (χ4n) is 0.219. The molecule has 0 fully saturated rings. The molecule has 0 aliphatic carbocycles. The highest BCUT2D eigenvalue weighted by molar-refractivity contribution is 7.80. The van der Waals surface area contributed by atoms with Gasteiger partial charge in [-0.05, 0) is 5.92 Å². The Morgan fingerprint density at radius 1 is 1.56 bits per heavy atom. The molecule has 0 heterocycles. The van der Waals surface area contributed by atoms with Gasteiger partial charge in [-0.3, -0.25) is 4.18 Å². The Morgan fingerprint density at radius 2 is 2.00 bits per heavy atom. The maximum absolute atomic E-state index is 9.76. The molecular formula is C4H9O4S-. The largest absolute Gasteiger partial charge is 0.726 e. The van der Waals surface area contributed by atoms with Crippen molar-refractivity contribution >= 4 is 10.4 Å². The Bertz CT molecular complexity index is 157. The van der Waals surface area contributed by atoms with Crippen LogP contribution < -0.4 is 0 Å². The summed E-state index contributed by atoms with van der Waals surface area (Å²) in [5.74, 6) is 0.0636. The van der Waals surface area contributed by atoms with Gasteiger partial charge in [-0.1, -0.05) is 13.8 Å². The van der Waals surface area contributed by atoms with Gasteiger partial charge in [-0.15, -0.1) is 0 Å². The zero-order valence-corrected chi connectivity index (χ0v) is 6.14. The summed E-state index contributed by atoms with van der Waals surface area (Å²) in [6.45, 7) is 3.47. The normalized spacial score (nSPS) is 12.4. The van der Waals surface area contributed by atoms with Crippen LogP contribution in [-0.4, -0.2) is 19.6 Å². The first kappa shape index (κ1) is 8.87. The molecule has 0 aromatic heterocycles. The van der Waals surface area contributed by atoms with Crippen LogP contribution in [0.5, 0.6) is 0 Å². The molecule has 56 valence electrons.